The molecular weight excluding hydrogens is 404 g/mol. The first kappa shape index (κ1) is 22.0. The van der Waals surface area contributed by atoms with Crippen LogP contribution in [0.3, 0.4) is 0 Å². The highest BCUT2D eigenvalue weighted by molar-refractivity contribution is 7.88. The van der Waals surface area contributed by atoms with Crippen molar-refractivity contribution < 1.29 is 13.2 Å². The Hall–Kier alpha value is -2.72. The Morgan fingerprint density at radius 2 is 2.10 bits per heavy atom. The summed E-state index contributed by atoms with van der Waals surface area (Å²) in [5.74, 6) is 1.11. The molecule has 1 aromatic heterocycles. The fraction of sp³-hybridized carbons (Fsp3) is 0.450. The Morgan fingerprint density at radius 1 is 1.40 bits per heavy atom. The Balaban J connectivity index is 2.08. The smallest absolute Gasteiger partial charge is 0.246 e. The lowest BCUT2D eigenvalue weighted by Crippen LogP contribution is -2.48. The molecular formula is C20H28N6O3S. The molecule has 3 rings (SSSR count). The summed E-state index contributed by atoms with van der Waals surface area (Å²) in [5, 5.41) is 0. The van der Waals surface area contributed by atoms with E-state index in [0.717, 1.165) is 31.9 Å². The third kappa shape index (κ3) is 4.71. The number of nitrogens with two attached hydrogens (primary N) is 1. The molecule has 1 amide bonds. The minimum Gasteiger partial charge on any atom is -0.405 e. The molecule has 1 saturated carbocycles. The summed E-state index contributed by atoms with van der Waals surface area (Å²) in [6.07, 6.45) is 11.6. The number of likely N-dealkylation sites (N-methyl/N-ethyl adjacent to an activating group) is 1. The number of nitrogens with zero attached hydrogens (tertiary/aromatic N) is 4. The van der Waals surface area contributed by atoms with Gasteiger partial charge in [0.1, 0.15) is 5.69 Å². The molecule has 1 aliphatic carbocycles. The van der Waals surface area contributed by atoms with Gasteiger partial charge in [-0.25, -0.2) is 23.1 Å². The first-order valence-corrected chi connectivity index (χ1v) is 11.7. The molecule has 10 heteroatoms. The molecule has 0 unspecified atom stereocenters. The molecule has 1 aromatic rings. The minimum atomic E-state index is -3.39. The predicted molar refractivity (Wildman–Crippen MR) is 118 cm³/mol. The number of carbonyl (C=O) groups excluding carboxylic acids is 1. The van der Waals surface area contributed by atoms with E-state index in [9.17, 15) is 13.2 Å². The Bertz CT molecular complexity index is 996. The second-order valence-corrected chi connectivity index (χ2v) is 9.35. The second kappa shape index (κ2) is 8.97. The summed E-state index contributed by atoms with van der Waals surface area (Å²) in [4.78, 5) is 25.4. The first-order chi connectivity index (χ1) is 14.2. The molecule has 2 heterocycles. The Kier molecular flexibility index (Phi) is 6.57. The highest BCUT2D eigenvalue weighted by Crippen LogP contribution is 2.36. The van der Waals surface area contributed by atoms with Crippen LogP contribution < -0.4 is 20.3 Å². The van der Waals surface area contributed by atoms with Crippen molar-refractivity contribution in [2.24, 2.45) is 5.73 Å². The van der Waals surface area contributed by atoms with Gasteiger partial charge in [-0.3, -0.25) is 4.79 Å². The van der Waals surface area contributed by atoms with Crippen LogP contribution in [-0.2, 0) is 14.8 Å². The molecule has 1 aliphatic heterocycles. The van der Waals surface area contributed by atoms with E-state index in [1.54, 1.807) is 30.3 Å². The molecule has 0 radical (unpaired) electrons. The topological polar surface area (TPSA) is 122 Å². The van der Waals surface area contributed by atoms with Crippen LogP contribution in [0.25, 0.3) is 5.57 Å². The third-order valence-electron chi connectivity index (χ3n) is 5.45. The average Bonchev–Trinajstić information content (AvgIpc) is 3.23. The summed E-state index contributed by atoms with van der Waals surface area (Å²) in [6, 6.07) is 0.271. The number of allylic oxidation sites excluding steroid dienone is 2. The highest BCUT2D eigenvalue weighted by Gasteiger charge is 2.34. The fourth-order valence-corrected chi connectivity index (χ4v) is 4.25. The maximum absolute atomic E-state index is 12.5. The number of hydrogen-bond donors (Lipinski definition) is 2. The lowest BCUT2D eigenvalue weighted by Gasteiger charge is -2.37. The van der Waals surface area contributed by atoms with Gasteiger partial charge in [0.25, 0.3) is 0 Å². The molecule has 2 aliphatic rings. The summed E-state index contributed by atoms with van der Waals surface area (Å²) in [7, 11) is -1.67. The predicted octanol–water partition coefficient (Wildman–Crippen LogP) is 1.16. The number of rotatable bonds is 7. The van der Waals surface area contributed by atoms with Gasteiger partial charge in [0, 0.05) is 25.2 Å². The lowest BCUT2D eigenvalue weighted by atomic mass is 10.1. The molecule has 9 nitrogen and oxygen atoms in total. The number of nitrogens with one attached hydrogen (secondary N) is 1. The van der Waals surface area contributed by atoms with Gasteiger partial charge in [-0.2, -0.15) is 0 Å². The zero-order chi connectivity index (χ0) is 21.9. The first-order valence-electron chi connectivity index (χ1n) is 9.84. The van der Waals surface area contributed by atoms with Crippen LogP contribution in [0.1, 0.15) is 31.5 Å². The normalized spacial score (nSPS) is 18.7. The van der Waals surface area contributed by atoms with Crippen LogP contribution in [0.5, 0.6) is 0 Å². The van der Waals surface area contributed by atoms with Gasteiger partial charge in [0.15, 0.2) is 11.6 Å². The SMILES string of the molecule is C=C/C(CNS(C)(=O)=O)=C(\C=C/N)c1ncc2c(n1)N(C1CCCC1)CC(=O)N2C. The summed E-state index contributed by atoms with van der Waals surface area (Å²) >= 11 is 0. The zero-order valence-electron chi connectivity index (χ0n) is 17.3. The van der Waals surface area contributed by atoms with E-state index in [4.69, 9.17) is 10.7 Å². The quantitative estimate of drug-likeness (QED) is 0.620. The summed E-state index contributed by atoms with van der Waals surface area (Å²) < 4.78 is 25.5. The lowest BCUT2D eigenvalue weighted by molar-refractivity contribution is -0.117. The van der Waals surface area contributed by atoms with Gasteiger partial charge in [0.2, 0.25) is 15.9 Å². The van der Waals surface area contributed by atoms with E-state index < -0.39 is 10.0 Å². The fourth-order valence-electron chi connectivity index (χ4n) is 3.83. The minimum absolute atomic E-state index is 0.00695. The third-order valence-corrected chi connectivity index (χ3v) is 6.12. The highest BCUT2D eigenvalue weighted by atomic mass is 32.2. The second-order valence-electron chi connectivity index (χ2n) is 7.52. The van der Waals surface area contributed by atoms with E-state index in [1.807, 2.05) is 0 Å². The van der Waals surface area contributed by atoms with Crippen LogP contribution in [0.2, 0.25) is 0 Å². The number of anilines is 2. The van der Waals surface area contributed by atoms with Crippen molar-refractivity contribution in [1.29, 1.82) is 0 Å². The van der Waals surface area contributed by atoms with E-state index in [-0.39, 0.29) is 25.0 Å². The Morgan fingerprint density at radius 3 is 2.70 bits per heavy atom. The number of amides is 1. The summed E-state index contributed by atoms with van der Waals surface area (Å²) in [5.41, 5.74) is 7.46. The van der Waals surface area contributed by atoms with E-state index in [0.29, 0.717) is 28.5 Å². The number of carbonyl (C=O) groups is 1. The average molecular weight is 433 g/mol. The van der Waals surface area contributed by atoms with Gasteiger partial charge >= 0.3 is 0 Å². The van der Waals surface area contributed by atoms with Crippen molar-refractivity contribution in [3.05, 3.63) is 42.5 Å². The molecule has 0 aromatic carbocycles. The molecule has 30 heavy (non-hydrogen) atoms. The van der Waals surface area contributed by atoms with E-state index >= 15 is 0 Å². The Labute approximate surface area is 177 Å². The maximum Gasteiger partial charge on any atom is 0.246 e. The number of fused-ring (bicyclic) bond motifs is 1. The number of sulfonamides is 1. The van der Waals surface area contributed by atoms with Crippen LogP contribution in [0, 0.1) is 0 Å². The van der Waals surface area contributed by atoms with Gasteiger partial charge in [-0.1, -0.05) is 25.5 Å². The van der Waals surface area contributed by atoms with E-state index in [2.05, 4.69) is 21.2 Å². The van der Waals surface area contributed by atoms with Crippen LogP contribution in [-0.4, -0.2) is 56.7 Å². The van der Waals surface area contributed by atoms with Crippen molar-refractivity contribution in [2.45, 2.75) is 31.7 Å². The molecule has 0 bridgehead atoms. The molecule has 162 valence electrons. The van der Waals surface area contributed by atoms with Gasteiger partial charge in [-0.05, 0) is 30.7 Å². The maximum atomic E-state index is 12.5. The van der Waals surface area contributed by atoms with Gasteiger partial charge in [-0.15, -0.1) is 0 Å². The van der Waals surface area contributed by atoms with Crippen LogP contribution >= 0.6 is 0 Å². The van der Waals surface area contributed by atoms with Crippen molar-refractivity contribution >= 4 is 33.0 Å². The molecule has 0 atom stereocenters. The number of hydrogen-bond acceptors (Lipinski definition) is 7. The van der Waals surface area contributed by atoms with Crippen molar-refractivity contribution in [1.82, 2.24) is 14.7 Å². The largest absolute Gasteiger partial charge is 0.405 e. The van der Waals surface area contributed by atoms with E-state index in [1.165, 1.54) is 6.20 Å². The van der Waals surface area contributed by atoms with Crippen molar-refractivity contribution in [2.75, 3.05) is 36.2 Å². The van der Waals surface area contributed by atoms with Gasteiger partial charge < -0.3 is 15.5 Å². The van der Waals surface area contributed by atoms with Crippen molar-refractivity contribution in [3.63, 3.8) is 0 Å². The molecule has 0 spiro atoms. The van der Waals surface area contributed by atoms with Gasteiger partial charge in [0.05, 0.1) is 19.0 Å². The monoisotopic (exact) mass is 432 g/mol. The number of aromatic nitrogens is 2. The molecule has 0 saturated heterocycles. The summed E-state index contributed by atoms with van der Waals surface area (Å²) in [6.45, 7) is 4.10. The standard InChI is InChI=1S/C20H28N6O3S/c1-4-14(11-23-30(3,28)29)16(9-10-21)19-22-12-17-20(24-19)26(13-18(27)25(17)2)15-7-5-6-8-15/h4,9-10,12,15,23H,1,5-8,11,13,21H2,2-3H3/b10-9-,16-14-. The zero-order valence-corrected chi connectivity index (χ0v) is 18.2. The van der Waals surface area contributed by atoms with Crippen LogP contribution in [0.4, 0.5) is 11.5 Å². The van der Waals surface area contributed by atoms with Crippen molar-refractivity contribution in [3.8, 4) is 0 Å². The molecule has 1 fully saturated rings. The van der Waals surface area contributed by atoms with Crippen LogP contribution in [0.15, 0.2) is 36.7 Å². The molecule has 3 N–H and O–H groups in total.